The summed E-state index contributed by atoms with van der Waals surface area (Å²) >= 11 is 3.53. The van der Waals surface area contributed by atoms with Gasteiger partial charge in [-0.05, 0) is 46.5 Å². The predicted octanol–water partition coefficient (Wildman–Crippen LogP) is 5.14. The summed E-state index contributed by atoms with van der Waals surface area (Å²) in [6.07, 6.45) is 7.65. The lowest BCUT2D eigenvalue weighted by atomic mass is 10.1. The molecule has 1 fully saturated rings. The second-order valence-corrected chi connectivity index (χ2v) is 10.1. The first kappa shape index (κ1) is 19.6. The minimum atomic E-state index is -1.01. The van der Waals surface area contributed by atoms with Crippen LogP contribution in [0.1, 0.15) is 35.7 Å². The van der Waals surface area contributed by atoms with Crippen LogP contribution in [-0.4, -0.2) is 23.4 Å². The number of phenols is 1. The monoisotopic (exact) mass is 483 g/mol. The SMILES string of the molecule is O=S(Cc1ccccc1)Cc1cc2c(Cn3ccnc3)c(O)c(Br)cc2n1C1CC1. The molecule has 0 amide bonds. The Morgan fingerprint density at radius 1 is 1.17 bits per heavy atom. The lowest BCUT2D eigenvalue weighted by molar-refractivity contribution is 0.464. The van der Waals surface area contributed by atoms with Crippen molar-refractivity contribution in [3.8, 4) is 5.75 Å². The molecule has 0 bridgehead atoms. The molecule has 2 aromatic heterocycles. The molecule has 2 heterocycles. The van der Waals surface area contributed by atoms with Gasteiger partial charge in [-0.2, -0.15) is 0 Å². The normalized spacial score (nSPS) is 15.0. The van der Waals surface area contributed by atoms with E-state index in [1.165, 1.54) is 0 Å². The molecule has 1 aliphatic rings. The van der Waals surface area contributed by atoms with Gasteiger partial charge in [0.15, 0.2) is 0 Å². The molecular weight excluding hydrogens is 462 g/mol. The number of nitrogens with zero attached hydrogens (tertiary/aromatic N) is 3. The van der Waals surface area contributed by atoms with Gasteiger partial charge in [0.1, 0.15) is 5.75 Å². The third-order valence-electron chi connectivity index (χ3n) is 5.55. The van der Waals surface area contributed by atoms with Crippen molar-refractivity contribution >= 4 is 37.6 Å². The molecule has 0 saturated heterocycles. The lowest BCUT2D eigenvalue weighted by Gasteiger charge is -2.12. The molecule has 5 rings (SSSR count). The molecule has 1 atom stereocenters. The van der Waals surface area contributed by atoms with Gasteiger partial charge in [-0.1, -0.05) is 30.3 Å². The van der Waals surface area contributed by atoms with Gasteiger partial charge < -0.3 is 14.2 Å². The van der Waals surface area contributed by atoms with Crippen molar-refractivity contribution in [2.24, 2.45) is 0 Å². The molecule has 2 aromatic carbocycles. The van der Waals surface area contributed by atoms with Crippen LogP contribution in [0.15, 0.2) is 65.7 Å². The van der Waals surface area contributed by atoms with Gasteiger partial charge in [0, 0.05) is 51.6 Å². The van der Waals surface area contributed by atoms with Crippen LogP contribution in [0, 0.1) is 0 Å². The summed E-state index contributed by atoms with van der Waals surface area (Å²) in [5.41, 5.74) is 4.10. The van der Waals surface area contributed by atoms with Gasteiger partial charge in [0.25, 0.3) is 0 Å². The van der Waals surface area contributed by atoms with Crippen LogP contribution >= 0.6 is 15.9 Å². The van der Waals surface area contributed by atoms with E-state index in [9.17, 15) is 9.32 Å². The van der Waals surface area contributed by atoms with E-state index in [4.69, 9.17) is 0 Å². The minimum absolute atomic E-state index is 0.251. The van der Waals surface area contributed by atoms with Gasteiger partial charge in [0.2, 0.25) is 0 Å². The Kier molecular flexibility index (Phi) is 5.25. The van der Waals surface area contributed by atoms with Crippen molar-refractivity contribution in [1.29, 1.82) is 0 Å². The van der Waals surface area contributed by atoms with E-state index in [0.717, 1.165) is 40.6 Å². The van der Waals surface area contributed by atoms with Crippen molar-refractivity contribution in [3.63, 3.8) is 0 Å². The molecule has 7 heteroatoms. The number of phenolic OH excluding ortho intramolecular Hbond substituents is 1. The first-order valence-corrected chi connectivity index (χ1v) is 12.3. The Labute approximate surface area is 186 Å². The van der Waals surface area contributed by atoms with E-state index < -0.39 is 10.8 Å². The number of aromatic nitrogens is 3. The molecule has 4 aromatic rings. The molecule has 1 N–H and O–H groups in total. The Morgan fingerprint density at radius 3 is 2.67 bits per heavy atom. The van der Waals surface area contributed by atoms with E-state index in [1.54, 1.807) is 12.5 Å². The third-order valence-corrected chi connectivity index (χ3v) is 7.43. The number of imidazole rings is 1. The fraction of sp³-hybridized carbons (Fsp3) is 0.261. The number of hydrogen-bond acceptors (Lipinski definition) is 3. The number of hydrogen-bond donors (Lipinski definition) is 1. The number of fused-ring (bicyclic) bond motifs is 1. The summed E-state index contributed by atoms with van der Waals surface area (Å²) in [5.74, 6) is 1.30. The summed E-state index contributed by atoms with van der Waals surface area (Å²) in [4.78, 5) is 4.11. The highest BCUT2D eigenvalue weighted by molar-refractivity contribution is 9.10. The Bertz CT molecular complexity index is 1210. The predicted molar refractivity (Wildman–Crippen MR) is 123 cm³/mol. The molecule has 1 aliphatic carbocycles. The summed E-state index contributed by atoms with van der Waals surface area (Å²) in [5, 5.41) is 11.8. The fourth-order valence-corrected chi connectivity index (χ4v) is 5.69. The summed E-state index contributed by atoms with van der Waals surface area (Å²) in [7, 11) is -1.01. The van der Waals surface area contributed by atoms with Gasteiger partial charge in [-0.3, -0.25) is 4.21 Å². The molecule has 0 spiro atoms. The van der Waals surface area contributed by atoms with Crippen molar-refractivity contribution in [1.82, 2.24) is 14.1 Å². The lowest BCUT2D eigenvalue weighted by Crippen LogP contribution is -2.06. The van der Waals surface area contributed by atoms with Crippen LogP contribution in [0.4, 0.5) is 0 Å². The Morgan fingerprint density at radius 2 is 1.97 bits per heavy atom. The molecule has 1 unspecified atom stereocenters. The zero-order chi connectivity index (χ0) is 20.7. The van der Waals surface area contributed by atoms with Crippen molar-refractivity contribution < 1.29 is 9.32 Å². The summed E-state index contributed by atoms with van der Waals surface area (Å²) in [6.45, 7) is 0.531. The Hall–Kier alpha value is -2.38. The smallest absolute Gasteiger partial charge is 0.135 e. The van der Waals surface area contributed by atoms with Crippen LogP contribution in [0.2, 0.25) is 0 Å². The molecule has 30 heavy (non-hydrogen) atoms. The van der Waals surface area contributed by atoms with Gasteiger partial charge in [0.05, 0.1) is 28.6 Å². The minimum Gasteiger partial charge on any atom is -0.506 e. The zero-order valence-electron chi connectivity index (χ0n) is 16.4. The maximum Gasteiger partial charge on any atom is 0.135 e. The number of rotatable bonds is 7. The molecule has 154 valence electrons. The van der Waals surface area contributed by atoms with Crippen LogP contribution < -0.4 is 0 Å². The summed E-state index contributed by atoms with van der Waals surface area (Å²) in [6, 6.07) is 14.5. The highest BCUT2D eigenvalue weighted by Crippen LogP contribution is 2.44. The van der Waals surface area contributed by atoms with Gasteiger partial charge in [-0.25, -0.2) is 4.98 Å². The highest BCUT2D eigenvalue weighted by Gasteiger charge is 2.29. The molecule has 5 nitrogen and oxygen atoms in total. The number of benzene rings is 2. The Balaban J connectivity index is 1.55. The first-order chi connectivity index (χ1) is 14.6. The molecular formula is C23H22BrN3O2S. The zero-order valence-corrected chi connectivity index (χ0v) is 18.8. The van der Waals surface area contributed by atoms with Crippen molar-refractivity contribution in [3.05, 3.63) is 82.5 Å². The highest BCUT2D eigenvalue weighted by atomic mass is 79.9. The van der Waals surface area contributed by atoms with Gasteiger partial charge >= 0.3 is 0 Å². The maximum atomic E-state index is 13.0. The van der Waals surface area contributed by atoms with Gasteiger partial charge in [-0.15, -0.1) is 0 Å². The number of aromatic hydroxyl groups is 1. The molecule has 1 saturated carbocycles. The second kappa shape index (κ2) is 8.04. The quantitative estimate of drug-likeness (QED) is 0.395. The van der Waals surface area contributed by atoms with E-state index in [-0.39, 0.29) is 5.75 Å². The van der Waals surface area contributed by atoms with Crippen molar-refractivity contribution in [2.45, 2.75) is 36.9 Å². The van der Waals surface area contributed by atoms with E-state index in [1.807, 2.05) is 47.2 Å². The summed E-state index contributed by atoms with van der Waals surface area (Å²) < 4.78 is 17.9. The molecule has 0 radical (unpaired) electrons. The average Bonchev–Trinajstić information content (AvgIpc) is 3.31. The largest absolute Gasteiger partial charge is 0.506 e. The maximum absolute atomic E-state index is 13.0. The topological polar surface area (TPSA) is 60.1 Å². The first-order valence-electron chi connectivity index (χ1n) is 9.99. The van der Waals surface area contributed by atoms with Crippen LogP contribution in [0.3, 0.4) is 0 Å². The third kappa shape index (κ3) is 3.84. The number of halogens is 1. The standard InChI is InChI=1S/C23H22BrN3O2S/c24-21-11-22-19(20(23(21)28)12-26-9-8-25-15-26)10-18(27(22)17-6-7-17)14-30(29)13-16-4-2-1-3-5-16/h1-5,8-11,15,17,28H,6-7,12-14H2. The second-order valence-electron chi connectivity index (χ2n) is 7.80. The van der Waals surface area contributed by atoms with E-state index in [2.05, 4.69) is 31.5 Å². The van der Waals surface area contributed by atoms with Crippen LogP contribution in [0.25, 0.3) is 10.9 Å². The van der Waals surface area contributed by atoms with Crippen LogP contribution in [-0.2, 0) is 28.9 Å². The van der Waals surface area contributed by atoms with Crippen LogP contribution in [0.5, 0.6) is 5.75 Å². The molecule has 0 aliphatic heterocycles. The van der Waals surface area contributed by atoms with E-state index in [0.29, 0.717) is 28.6 Å². The fourth-order valence-electron chi connectivity index (χ4n) is 4.02. The van der Waals surface area contributed by atoms with E-state index >= 15 is 0 Å². The van der Waals surface area contributed by atoms with Crippen molar-refractivity contribution in [2.75, 3.05) is 0 Å². The average molecular weight is 484 g/mol.